The van der Waals surface area contributed by atoms with Crippen molar-refractivity contribution in [1.82, 2.24) is 5.32 Å². The van der Waals surface area contributed by atoms with E-state index in [0.717, 1.165) is 18.4 Å². The summed E-state index contributed by atoms with van der Waals surface area (Å²) in [7, 11) is 4.80. The summed E-state index contributed by atoms with van der Waals surface area (Å²) >= 11 is 4.51. The van der Waals surface area contributed by atoms with Crippen LogP contribution in [0.4, 0.5) is 5.69 Å². The number of thiol groups is 1. The van der Waals surface area contributed by atoms with Crippen LogP contribution in [0.5, 0.6) is 11.5 Å². The molecule has 0 bridgehead atoms. The molecular weight excluding hydrogens is 452 g/mol. The summed E-state index contributed by atoms with van der Waals surface area (Å²) < 4.78 is 16.1. The lowest BCUT2D eigenvalue weighted by Gasteiger charge is -2.38. The Labute approximate surface area is 207 Å². The van der Waals surface area contributed by atoms with Gasteiger partial charge < -0.3 is 24.8 Å². The van der Waals surface area contributed by atoms with Crippen LogP contribution in [0.15, 0.2) is 48.5 Å². The highest BCUT2D eigenvalue weighted by Gasteiger charge is 2.42. The summed E-state index contributed by atoms with van der Waals surface area (Å²) in [5.74, 6) is 1.08. The van der Waals surface area contributed by atoms with Crippen molar-refractivity contribution in [3.8, 4) is 11.5 Å². The number of ether oxygens (including phenoxy) is 3. The molecule has 0 spiro atoms. The summed E-state index contributed by atoms with van der Waals surface area (Å²) in [4.78, 5) is 26.9. The Morgan fingerprint density at radius 1 is 1.03 bits per heavy atom. The van der Waals surface area contributed by atoms with E-state index >= 15 is 0 Å². The minimum atomic E-state index is -0.760. The lowest BCUT2D eigenvalue weighted by molar-refractivity contribution is -0.136. The Hall–Kier alpha value is -2.71. The maximum atomic E-state index is 13.5. The molecule has 2 amide bonds. The van der Waals surface area contributed by atoms with Crippen LogP contribution in [-0.2, 0) is 20.7 Å². The fourth-order valence-corrected chi connectivity index (χ4v) is 4.78. The van der Waals surface area contributed by atoms with Crippen LogP contribution in [0.25, 0.3) is 0 Å². The molecule has 0 radical (unpaired) electrons. The van der Waals surface area contributed by atoms with E-state index in [0.29, 0.717) is 42.2 Å². The van der Waals surface area contributed by atoms with E-state index < -0.39 is 11.5 Å². The molecule has 1 atom stereocenters. The Morgan fingerprint density at radius 3 is 2.18 bits per heavy atom. The summed E-state index contributed by atoms with van der Waals surface area (Å²) in [5.41, 5.74) is 0.860. The van der Waals surface area contributed by atoms with Gasteiger partial charge in [-0.15, -0.1) is 0 Å². The molecule has 184 valence electrons. The lowest BCUT2D eigenvalue weighted by Crippen LogP contribution is -2.53. The van der Waals surface area contributed by atoms with Crippen LogP contribution < -0.4 is 20.1 Å². The molecule has 7 nitrogen and oxygen atoms in total. The monoisotopic (exact) mass is 486 g/mol. The van der Waals surface area contributed by atoms with Crippen molar-refractivity contribution >= 4 is 30.1 Å². The highest BCUT2D eigenvalue weighted by molar-refractivity contribution is 7.80. The van der Waals surface area contributed by atoms with Crippen molar-refractivity contribution in [2.24, 2.45) is 5.41 Å². The zero-order valence-electron chi connectivity index (χ0n) is 20.0. The third-order valence-electron chi connectivity index (χ3n) is 6.53. The maximum Gasteiger partial charge on any atom is 0.247 e. The second-order valence-electron chi connectivity index (χ2n) is 8.68. The minimum absolute atomic E-state index is 0.142. The number of amides is 2. The molecule has 2 N–H and O–H groups in total. The number of rotatable bonds is 10. The molecule has 0 unspecified atom stereocenters. The second kappa shape index (κ2) is 12.1. The molecule has 0 aromatic heterocycles. The average molecular weight is 487 g/mol. The number of hydrogen-bond acceptors (Lipinski definition) is 6. The molecule has 0 heterocycles. The molecule has 1 saturated carbocycles. The van der Waals surface area contributed by atoms with Gasteiger partial charge in [-0.3, -0.25) is 9.59 Å². The molecule has 34 heavy (non-hydrogen) atoms. The number of methoxy groups -OCH3 is 3. The lowest BCUT2D eigenvalue weighted by atomic mass is 9.73. The van der Waals surface area contributed by atoms with Crippen LogP contribution in [0.1, 0.15) is 31.2 Å². The van der Waals surface area contributed by atoms with Crippen LogP contribution >= 0.6 is 12.6 Å². The quantitative estimate of drug-likeness (QED) is 0.444. The molecule has 1 aliphatic carbocycles. The first kappa shape index (κ1) is 25.9. The molecular formula is C26H34N2O5S. The number of carbonyl (C=O) groups is 2. The second-order valence-corrected chi connectivity index (χ2v) is 9.00. The fourth-order valence-electron chi connectivity index (χ4n) is 4.32. The van der Waals surface area contributed by atoms with Crippen molar-refractivity contribution in [2.45, 2.75) is 44.2 Å². The first-order valence-electron chi connectivity index (χ1n) is 11.5. The van der Waals surface area contributed by atoms with Crippen molar-refractivity contribution < 1.29 is 23.8 Å². The van der Waals surface area contributed by atoms with Gasteiger partial charge in [0.1, 0.15) is 17.5 Å². The Balaban J connectivity index is 1.81. The van der Waals surface area contributed by atoms with Gasteiger partial charge >= 0.3 is 0 Å². The third-order valence-corrected chi connectivity index (χ3v) is 7.14. The van der Waals surface area contributed by atoms with E-state index in [9.17, 15) is 9.59 Å². The van der Waals surface area contributed by atoms with E-state index in [-0.39, 0.29) is 17.9 Å². The van der Waals surface area contributed by atoms with Crippen LogP contribution in [-0.4, -0.2) is 51.0 Å². The van der Waals surface area contributed by atoms with Crippen LogP contribution in [0.3, 0.4) is 0 Å². The highest BCUT2D eigenvalue weighted by atomic mass is 32.1. The van der Waals surface area contributed by atoms with Crippen molar-refractivity contribution in [1.29, 1.82) is 0 Å². The van der Waals surface area contributed by atoms with Gasteiger partial charge in [0.15, 0.2) is 0 Å². The molecule has 1 aliphatic rings. The molecule has 0 saturated heterocycles. The van der Waals surface area contributed by atoms with E-state index in [4.69, 9.17) is 14.2 Å². The number of benzene rings is 2. The predicted octanol–water partition coefficient (Wildman–Crippen LogP) is 3.88. The van der Waals surface area contributed by atoms with E-state index in [1.807, 2.05) is 30.3 Å². The Bertz CT molecular complexity index is 939. The largest absolute Gasteiger partial charge is 0.497 e. The Morgan fingerprint density at radius 2 is 1.65 bits per heavy atom. The van der Waals surface area contributed by atoms with Crippen molar-refractivity contribution in [2.75, 3.05) is 32.4 Å². The summed E-state index contributed by atoms with van der Waals surface area (Å²) in [6.07, 6.45) is 3.46. The number of hydrogen-bond donors (Lipinski definition) is 3. The van der Waals surface area contributed by atoms with Gasteiger partial charge in [0.05, 0.1) is 25.7 Å². The summed E-state index contributed by atoms with van der Waals surface area (Å²) in [5, 5.41) is 5.95. The zero-order valence-corrected chi connectivity index (χ0v) is 20.9. The minimum Gasteiger partial charge on any atom is -0.497 e. The summed E-state index contributed by atoms with van der Waals surface area (Å²) in [6, 6.07) is 14.0. The van der Waals surface area contributed by atoms with Crippen LogP contribution in [0.2, 0.25) is 0 Å². The molecule has 3 rings (SSSR count). The predicted molar refractivity (Wildman–Crippen MR) is 136 cm³/mol. The van der Waals surface area contributed by atoms with Gasteiger partial charge in [-0.25, -0.2) is 0 Å². The van der Waals surface area contributed by atoms with Gasteiger partial charge in [0.25, 0.3) is 0 Å². The summed E-state index contributed by atoms with van der Waals surface area (Å²) in [6.45, 7) is 0. The zero-order chi connectivity index (χ0) is 24.6. The van der Waals surface area contributed by atoms with Gasteiger partial charge in [-0.05, 0) is 31.2 Å². The van der Waals surface area contributed by atoms with Gasteiger partial charge in [-0.2, -0.15) is 12.6 Å². The molecule has 2 aromatic rings. The number of anilines is 1. The van der Waals surface area contributed by atoms with E-state index in [2.05, 4.69) is 23.3 Å². The molecule has 1 fully saturated rings. The van der Waals surface area contributed by atoms with E-state index in [1.54, 1.807) is 39.5 Å². The van der Waals surface area contributed by atoms with Crippen molar-refractivity contribution in [3.63, 3.8) is 0 Å². The first-order chi connectivity index (χ1) is 16.4. The molecule has 2 aromatic carbocycles. The third kappa shape index (κ3) is 6.45. The van der Waals surface area contributed by atoms with Gasteiger partial charge in [-0.1, -0.05) is 30.3 Å². The topological polar surface area (TPSA) is 85.9 Å². The van der Waals surface area contributed by atoms with Gasteiger partial charge in [0, 0.05) is 43.2 Å². The fraction of sp³-hybridized carbons (Fsp3) is 0.462. The standard InChI is InChI=1S/C26H34N2O5S/c1-31-20-9-11-26(17-34,12-10-20)25(30)28-23(13-18-7-5-4-6-8-18)24(29)27-19-14-21(32-2)16-22(15-19)33-3/h4-8,14-16,20,23,34H,9-13,17H2,1-3H3,(H,27,29)(H,28,30)/t20-,23-,26+/m0/s1. The highest BCUT2D eigenvalue weighted by Crippen LogP contribution is 2.38. The van der Waals surface area contributed by atoms with E-state index in [1.165, 1.54) is 0 Å². The van der Waals surface area contributed by atoms with Crippen LogP contribution in [0, 0.1) is 5.41 Å². The molecule has 0 aliphatic heterocycles. The van der Waals surface area contributed by atoms with Crippen molar-refractivity contribution in [3.05, 3.63) is 54.1 Å². The normalized spacial score (nSPS) is 20.8. The number of nitrogens with one attached hydrogen (secondary N) is 2. The SMILES string of the molecule is COc1cc(NC(=O)[C@H](Cc2ccccc2)NC(=O)[C@]2(CS)CC[C@H](OC)CC2)cc(OC)c1. The first-order valence-corrected chi connectivity index (χ1v) is 12.1. The average Bonchev–Trinajstić information content (AvgIpc) is 2.88. The van der Waals surface area contributed by atoms with Gasteiger partial charge in [0.2, 0.25) is 11.8 Å². The smallest absolute Gasteiger partial charge is 0.247 e. The Kier molecular flexibility index (Phi) is 9.24. The number of carbonyl (C=O) groups excluding carboxylic acids is 2. The molecule has 8 heteroatoms. The maximum absolute atomic E-state index is 13.5.